The highest BCUT2D eigenvalue weighted by Crippen LogP contribution is 2.10. The first-order valence-corrected chi connectivity index (χ1v) is 6.71. The molecule has 5 heteroatoms. The van der Waals surface area contributed by atoms with Crippen LogP contribution >= 0.6 is 11.8 Å². The molecule has 0 radical (unpaired) electrons. The molecule has 3 N–H and O–H groups in total. The first kappa shape index (κ1) is 14.0. The van der Waals surface area contributed by atoms with Crippen molar-refractivity contribution in [1.29, 1.82) is 0 Å². The molecule has 94 valence electrons. The Morgan fingerprint density at radius 3 is 2.65 bits per heavy atom. The summed E-state index contributed by atoms with van der Waals surface area (Å²) in [5, 5.41) is 2.71. The van der Waals surface area contributed by atoms with Gasteiger partial charge in [-0.2, -0.15) is 11.8 Å². The monoisotopic (exact) mass is 256 g/mol. The molecule has 1 amide bonds. The van der Waals surface area contributed by atoms with Crippen LogP contribution in [-0.2, 0) is 4.79 Å². The second-order valence-electron chi connectivity index (χ2n) is 3.60. The Morgan fingerprint density at radius 2 is 2.00 bits per heavy atom. The lowest BCUT2D eigenvalue weighted by Gasteiger charge is -2.04. The molecule has 1 aromatic carbocycles. The summed E-state index contributed by atoms with van der Waals surface area (Å²) in [6, 6.07) is 5.74. The molecule has 0 bridgehead atoms. The Hall–Kier alpha value is -1.07. The van der Waals surface area contributed by atoms with Crippen LogP contribution in [0.2, 0.25) is 0 Å². The fraction of sp³-hybridized carbons (Fsp3) is 0.417. The minimum Gasteiger partial charge on any atom is -0.330 e. The molecule has 0 spiro atoms. The summed E-state index contributed by atoms with van der Waals surface area (Å²) < 4.78 is 12.6. The van der Waals surface area contributed by atoms with Crippen molar-refractivity contribution in [3.63, 3.8) is 0 Å². The van der Waals surface area contributed by atoms with E-state index in [1.54, 1.807) is 23.9 Å². The third-order valence-corrected chi connectivity index (χ3v) is 3.15. The van der Waals surface area contributed by atoms with Crippen LogP contribution in [0.1, 0.15) is 12.8 Å². The summed E-state index contributed by atoms with van der Waals surface area (Å²) in [6.45, 7) is 0.697. The fourth-order valence-corrected chi connectivity index (χ4v) is 2.05. The number of thioether (sulfide) groups is 1. The molecule has 0 heterocycles. The van der Waals surface area contributed by atoms with Crippen LogP contribution < -0.4 is 11.1 Å². The van der Waals surface area contributed by atoms with Crippen LogP contribution in [0.3, 0.4) is 0 Å². The van der Waals surface area contributed by atoms with Crippen molar-refractivity contribution < 1.29 is 9.18 Å². The van der Waals surface area contributed by atoms with Crippen LogP contribution in [0, 0.1) is 5.82 Å². The largest absolute Gasteiger partial charge is 0.330 e. The number of anilines is 1. The molecular formula is C12H17FN2OS. The number of rotatable bonds is 7. The van der Waals surface area contributed by atoms with Gasteiger partial charge >= 0.3 is 0 Å². The van der Waals surface area contributed by atoms with E-state index in [0.717, 1.165) is 18.6 Å². The van der Waals surface area contributed by atoms with Gasteiger partial charge in [-0.25, -0.2) is 4.39 Å². The zero-order valence-corrected chi connectivity index (χ0v) is 10.4. The topological polar surface area (TPSA) is 55.1 Å². The van der Waals surface area contributed by atoms with Crippen molar-refractivity contribution in [2.24, 2.45) is 5.73 Å². The molecule has 1 rings (SSSR count). The highest BCUT2D eigenvalue weighted by atomic mass is 32.2. The smallest absolute Gasteiger partial charge is 0.234 e. The zero-order valence-electron chi connectivity index (χ0n) is 9.62. The van der Waals surface area contributed by atoms with E-state index in [-0.39, 0.29) is 11.7 Å². The lowest BCUT2D eigenvalue weighted by molar-refractivity contribution is -0.113. The van der Waals surface area contributed by atoms with Gasteiger partial charge in [0.1, 0.15) is 5.82 Å². The van der Waals surface area contributed by atoms with Crippen LogP contribution in [0.4, 0.5) is 10.1 Å². The summed E-state index contributed by atoms with van der Waals surface area (Å²) in [6.07, 6.45) is 2.03. The number of halogens is 1. The first-order valence-electron chi connectivity index (χ1n) is 5.55. The molecule has 0 aromatic heterocycles. The van der Waals surface area contributed by atoms with Gasteiger partial charge in [-0.15, -0.1) is 0 Å². The van der Waals surface area contributed by atoms with Crippen molar-refractivity contribution in [2.75, 3.05) is 23.4 Å². The average Bonchev–Trinajstić information content (AvgIpc) is 2.32. The second-order valence-corrected chi connectivity index (χ2v) is 4.71. The number of benzene rings is 1. The lowest BCUT2D eigenvalue weighted by Crippen LogP contribution is -2.14. The number of hydrogen-bond acceptors (Lipinski definition) is 3. The summed E-state index contributed by atoms with van der Waals surface area (Å²) in [5.74, 6) is 0.990. The Balaban J connectivity index is 2.18. The van der Waals surface area contributed by atoms with E-state index in [1.807, 2.05) is 0 Å². The lowest BCUT2D eigenvalue weighted by atomic mass is 10.3. The first-order chi connectivity index (χ1) is 8.22. The van der Waals surface area contributed by atoms with Gasteiger partial charge in [-0.1, -0.05) is 0 Å². The molecule has 0 saturated carbocycles. The average molecular weight is 256 g/mol. The van der Waals surface area contributed by atoms with Gasteiger partial charge in [0.25, 0.3) is 0 Å². The zero-order chi connectivity index (χ0) is 12.5. The minimum atomic E-state index is -0.306. The number of hydrogen-bond donors (Lipinski definition) is 2. The van der Waals surface area contributed by atoms with Crippen molar-refractivity contribution in [3.05, 3.63) is 30.1 Å². The van der Waals surface area contributed by atoms with Gasteiger partial charge in [-0.05, 0) is 49.4 Å². The molecular weight excluding hydrogens is 239 g/mol. The number of amides is 1. The quantitative estimate of drug-likeness (QED) is 0.736. The van der Waals surface area contributed by atoms with Gasteiger partial charge in [-0.3, -0.25) is 4.79 Å². The maximum atomic E-state index is 12.6. The van der Waals surface area contributed by atoms with Gasteiger partial charge < -0.3 is 11.1 Å². The number of nitrogens with two attached hydrogens (primary N) is 1. The Morgan fingerprint density at radius 1 is 1.29 bits per heavy atom. The van der Waals surface area contributed by atoms with E-state index in [2.05, 4.69) is 5.32 Å². The van der Waals surface area contributed by atoms with Gasteiger partial charge in [0, 0.05) is 5.69 Å². The van der Waals surface area contributed by atoms with E-state index >= 15 is 0 Å². The van der Waals surface area contributed by atoms with E-state index in [4.69, 9.17) is 5.73 Å². The van der Waals surface area contributed by atoms with E-state index in [0.29, 0.717) is 18.0 Å². The van der Waals surface area contributed by atoms with Crippen LogP contribution in [0.25, 0.3) is 0 Å². The van der Waals surface area contributed by atoms with Crippen LogP contribution in [0.5, 0.6) is 0 Å². The number of unbranched alkanes of at least 4 members (excludes halogenated alkanes) is 1. The molecule has 17 heavy (non-hydrogen) atoms. The van der Waals surface area contributed by atoms with E-state index in [1.165, 1.54) is 12.1 Å². The molecule has 0 unspecified atom stereocenters. The minimum absolute atomic E-state index is 0.0608. The second kappa shape index (κ2) is 8.08. The number of nitrogens with one attached hydrogen (secondary N) is 1. The van der Waals surface area contributed by atoms with Crippen LogP contribution in [-0.4, -0.2) is 24.0 Å². The van der Waals surface area contributed by atoms with E-state index < -0.39 is 0 Å². The maximum Gasteiger partial charge on any atom is 0.234 e. The van der Waals surface area contributed by atoms with Crippen molar-refractivity contribution in [1.82, 2.24) is 0 Å². The molecule has 0 atom stereocenters. The van der Waals surface area contributed by atoms with Gasteiger partial charge in [0.05, 0.1) is 5.75 Å². The highest BCUT2D eigenvalue weighted by molar-refractivity contribution is 7.99. The summed E-state index contributed by atoms with van der Waals surface area (Å²) >= 11 is 1.58. The number of carbonyl (C=O) groups excluding carboxylic acids is 1. The van der Waals surface area contributed by atoms with Gasteiger partial charge in [0.2, 0.25) is 5.91 Å². The molecule has 0 aliphatic carbocycles. The fourth-order valence-electron chi connectivity index (χ4n) is 1.24. The Bertz CT molecular complexity index is 343. The molecule has 0 aliphatic rings. The molecule has 3 nitrogen and oxygen atoms in total. The molecule has 1 aromatic rings. The van der Waals surface area contributed by atoms with E-state index in [9.17, 15) is 9.18 Å². The van der Waals surface area contributed by atoms with Gasteiger partial charge in [0.15, 0.2) is 0 Å². The summed E-state index contributed by atoms with van der Waals surface area (Å²) in [5.41, 5.74) is 5.99. The molecule has 0 saturated heterocycles. The standard InChI is InChI=1S/C12H17FN2OS/c13-10-3-5-11(6-4-10)15-12(16)9-17-8-2-1-7-14/h3-6H,1-2,7-9,14H2,(H,15,16). The SMILES string of the molecule is NCCCCSCC(=O)Nc1ccc(F)cc1. The molecule has 0 fully saturated rings. The predicted octanol–water partition coefficient (Wildman–Crippen LogP) is 2.24. The summed E-state index contributed by atoms with van der Waals surface area (Å²) in [4.78, 5) is 11.5. The summed E-state index contributed by atoms with van der Waals surface area (Å²) in [7, 11) is 0. The number of carbonyl (C=O) groups is 1. The Kier molecular flexibility index (Phi) is 6.65. The third-order valence-electron chi connectivity index (χ3n) is 2.10. The highest BCUT2D eigenvalue weighted by Gasteiger charge is 2.02. The maximum absolute atomic E-state index is 12.6. The third kappa shape index (κ3) is 6.28. The predicted molar refractivity (Wildman–Crippen MR) is 70.6 cm³/mol. The van der Waals surface area contributed by atoms with Crippen molar-refractivity contribution in [3.8, 4) is 0 Å². The van der Waals surface area contributed by atoms with Crippen molar-refractivity contribution >= 4 is 23.4 Å². The molecule has 0 aliphatic heterocycles. The normalized spacial score (nSPS) is 10.2. The van der Waals surface area contributed by atoms with Crippen molar-refractivity contribution in [2.45, 2.75) is 12.8 Å². The van der Waals surface area contributed by atoms with Crippen LogP contribution in [0.15, 0.2) is 24.3 Å². The Labute approximate surface area is 105 Å².